The van der Waals surface area contributed by atoms with Crippen LogP contribution in [0.2, 0.25) is 0 Å². The Balaban J connectivity index is 1.55. The molecule has 1 unspecified atom stereocenters. The smallest absolute Gasteiger partial charge is 0.127 e. The quantitative estimate of drug-likeness (QED) is 0.781. The van der Waals surface area contributed by atoms with Crippen molar-refractivity contribution >= 4 is 16.6 Å². The van der Waals surface area contributed by atoms with E-state index in [1.54, 1.807) is 0 Å². The van der Waals surface area contributed by atoms with E-state index in [-0.39, 0.29) is 0 Å². The number of benzene rings is 2. The van der Waals surface area contributed by atoms with Gasteiger partial charge in [0.2, 0.25) is 0 Å². The van der Waals surface area contributed by atoms with Gasteiger partial charge in [0.15, 0.2) is 0 Å². The molecule has 1 atom stereocenters. The van der Waals surface area contributed by atoms with Gasteiger partial charge in [-0.15, -0.1) is 0 Å². The first-order chi connectivity index (χ1) is 12.8. The molecule has 132 valence electrons. The van der Waals surface area contributed by atoms with E-state index in [2.05, 4.69) is 46.3 Å². The molecule has 0 spiro atoms. The fourth-order valence-corrected chi connectivity index (χ4v) is 4.41. The summed E-state index contributed by atoms with van der Waals surface area (Å²) in [7, 11) is 0. The molecule has 3 aliphatic heterocycles. The first-order valence-electron chi connectivity index (χ1n) is 9.41. The first kappa shape index (κ1) is 15.6. The number of hydrogen-bond acceptors (Lipinski definition) is 4. The molecule has 3 aromatic rings. The highest BCUT2D eigenvalue weighted by atomic mass is 16.5. The molecule has 0 amide bonds. The zero-order valence-electron chi connectivity index (χ0n) is 14.8. The fourth-order valence-electron chi connectivity index (χ4n) is 4.41. The lowest BCUT2D eigenvalue weighted by Gasteiger charge is -2.44. The van der Waals surface area contributed by atoms with E-state index in [0.29, 0.717) is 17.8 Å². The Labute approximate surface area is 153 Å². The zero-order valence-corrected chi connectivity index (χ0v) is 14.8. The Morgan fingerprint density at radius 3 is 2.46 bits per heavy atom. The minimum Gasteiger partial charge on any atom is -0.488 e. The van der Waals surface area contributed by atoms with Gasteiger partial charge in [0.05, 0.1) is 5.69 Å². The number of aromatic nitrogens is 1. The fraction of sp³-hybridized carbons (Fsp3) is 0.318. The third kappa shape index (κ3) is 2.71. The van der Waals surface area contributed by atoms with E-state index in [0.717, 1.165) is 34.3 Å². The van der Waals surface area contributed by atoms with Gasteiger partial charge in [0.1, 0.15) is 17.7 Å². The average Bonchev–Trinajstić information content (AvgIpc) is 2.69. The SMILES string of the molecule is Nc1cccc(-c2ccc(OC3CN4CCC3CC4)c3ccccc23)n1. The summed E-state index contributed by atoms with van der Waals surface area (Å²) < 4.78 is 6.53. The monoisotopic (exact) mass is 345 g/mol. The van der Waals surface area contributed by atoms with Crippen molar-refractivity contribution in [2.45, 2.75) is 18.9 Å². The molecule has 26 heavy (non-hydrogen) atoms. The van der Waals surface area contributed by atoms with Crippen LogP contribution in [-0.2, 0) is 0 Å². The first-order valence-corrected chi connectivity index (χ1v) is 9.41. The van der Waals surface area contributed by atoms with Crippen LogP contribution in [-0.4, -0.2) is 35.6 Å². The van der Waals surface area contributed by atoms with Crippen molar-refractivity contribution in [1.29, 1.82) is 0 Å². The summed E-state index contributed by atoms with van der Waals surface area (Å²) in [4.78, 5) is 7.03. The molecule has 0 radical (unpaired) electrons. The largest absolute Gasteiger partial charge is 0.488 e. The molecule has 0 aliphatic carbocycles. The summed E-state index contributed by atoms with van der Waals surface area (Å²) in [6.45, 7) is 3.51. The third-order valence-corrected chi connectivity index (χ3v) is 5.81. The maximum Gasteiger partial charge on any atom is 0.127 e. The van der Waals surface area contributed by atoms with Gasteiger partial charge >= 0.3 is 0 Å². The molecule has 3 saturated heterocycles. The molecule has 1 aromatic heterocycles. The van der Waals surface area contributed by atoms with Gasteiger partial charge < -0.3 is 10.5 Å². The van der Waals surface area contributed by atoms with Crippen LogP contribution in [0.1, 0.15) is 12.8 Å². The average molecular weight is 345 g/mol. The molecule has 4 heterocycles. The Morgan fingerprint density at radius 1 is 0.923 bits per heavy atom. The van der Waals surface area contributed by atoms with Crippen LogP contribution < -0.4 is 10.5 Å². The molecule has 6 rings (SSSR count). The summed E-state index contributed by atoms with van der Waals surface area (Å²) in [5, 5.41) is 2.30. The number of nitrogens with zero attached hydrogens (tertiary/aromatic N) is 2. The van der Waals surface area contributed by atoms with Crippen molar-refractivity contribution in [3.05, 3.63) is 54.6 Å². The van der Waals surface area contributed by atoms with Gasteiger partial charge in [0.25, 0.3) is 0 Å². The summed E-state index contributed by atoms with van der Waals surface area (Å²) >= 11 is 0. The van der Waals surface area contributed by atoms with Crippen molar-refractivity contribution in [2.24, 2.45) is 5.92 Å². The van der Waals surface area contributed by atoms with Crippen molar-refractivity contribution in [3.8, 4) is 17.0 Å². The molecular formula is C22H23N3O. The van der Waals surface area contributed by atoms with E-state index in [9.17, 15) is 0 Å². The number of nitrogens with two attached hydrogens (primary N) is 1. The predicted octanol–water partition coefficient (Wildman–Crippen LogP) is 3.96. The van der Waals surface area contributed by atoms with Gasteiger partial charge in [-0.1, -0.05) is 30.3 Å². The normalized spacial score (nSPS) is 24.7. The molecule has 2 bridgehead atoms. The van der Waals surface area contributed by atoms with Gasteiger partial charge in [0, 0.05) is 17.5 Å². The molecule has 4 nitrogen and oxygen atoms in total. The maximum atomic E-state index is 6.53. The number of ether oxygens (including phenoxy) is 1. The van der Waals surface area contributed by atoms with E-state index < -0.39 is 0 Å². The molecule has 0 saturated carbocycles. The Bertz CT molecular complexity index is 947. The number of piperidine rings is 3. The molecule has 4 heteroatoms. The van der Waals surface area contributed by atoms with Gasteiger partial charge in [-0.2, -0.15) is 0 Å². The molecule has 2 N–H and O–H groups in total. The number of anilines is 1. The number of fused-ring (bicyclic) bond motifs is 4. The van der Waals surface area contributed by atoms with Crippen molar-refractivity contribution < 1.29 is 4.74 Å². The number of nitrogen functional groups attached to an aromatic ring is 1. The minimum atomic E-state index is 0.303. The second kappa shape index (κ2) is 6.29. The van der Waals surface area contributed by atoms with Crippen LogP contribution in [0.4, 0.5) is 5.82 Å². The van der Waals surface area contributed by atoms with Crippen LogP contribution in [0.15, 0.2) is 54.6 Å². The summed E-state index contributed by atoms with van der Waals surface area (Å²) in [5.41, 5.74) is 7.88. The zero-order chi connectivity index (χ0) is 17.5. The van der Waals surface area contributed by atoms with E-state index in [4.69, 9.17) is 10.5 Å². The minimum absolute atomic E-state index is 0.303. The van der Waals surface area contributed by atoms with Crippen LogP contribution >= 0.6 is 0 Å². The van der Waals surface area contributed by atoms with E-state index >= 15 is 0 Å². The second-order valence-corrected chi connectivity index (χ2v) is 7.40. The lowest BCUT2D eigenvalue weighted by atomic mass is 9.86. The van der Waals surface area contributed by atoms with Gasteiger partial charge in [-0.25, -0.2) is 4.98 Å². The Kier molecular flexibility index (Phi) is 3.79. The Hall–Kier alpha value is -2.59. The van der Waals surface area contributed by atoms with Crippen molar-refractivity contribution in [3.63, 3.8) is 0 Å². The molecule has 2 aromatic carbocycles. The predicted molar refractivity (Wildman–Crippen MR) is 105 cm³/mol. The highest BCUT2D eigenvalue weighted by Gasteiger charge is 2.35. The van der Waals surface area contributed by atoms with E-state index in [1.165, 1.54) is 25.9 Å². The number of hydrogen-bond donors (Lipinski definition) is 1. The highest BCUT2D eigenvalue weighted by molar-refractivity contribution is 5.99. The van der Waals surface area contributed by atoms with Crippen LogP contribution in [0.5, 0.6) is 5.75 Å². The summed E-state index contributed by atoms with van der Waals surface area (Å²) in [6.07, 6.45) is 2.82. The van der Waals surface area contributed by atoms with Crippen LogP contribution in [0, 0.1) is 5.92 Å². The van der Waals surface area contributed by atoms with Crippen LogP contribution in [0.3, 0.4) is 0 Å². The molecule has 3 aliphatic rings. The number of rotatable bonds is 3. The van der Waals surface area contributed by atoms with E-state index in [1.807, 2.05) is 18.2 Å². The molecule has 3 fully saturated rings. The van der Waals surface area contributed by atoms with Gasteiger partial charge in [-0.05, 0) is 61.5 Å². The topological polar surface area (TPSA) is 51.4 Å². The Morgan fingerprint density at radius 2 is 1.73 bits per heavy atom. The third-order valence-electron chi connectivity index (χ3n) is 5.81. The lowest BCUT2D eigenvalue weighted by Crippen LogP contribution is -2.52. The van der Waals surface area contributed by atoms with Gasteiger partial charge in [-0.3, -0.25) is 4.90 Å². The standard InChI is InChI=1S/C22H23N3O/c23-22-7-3-6-19(24-22)17-8-9-20(18-5-2-1-4-16(17)18)26-21-14-25-12-10-15(21)11-13-25/h1-9,15,21H,10-14H2,(H2,23,24). The lowest BCUT2D eigenvalue weighted by molar-refractivity contribution is -0.00701. The summed E-state index contributed by atoms with van der Waals surface area (Å²) in [5.74, 6) is 2.21. The molecular weight excluding hydrogens is 322 g/mol. The van der Waals surface area contributed by atoms with Crippen molar-refractivity contribution in [2.75, 3.05) is 25.4 Å². The number of pyridine rings is 1. The van der Waals surface area contributed by atoms with Crippen LogP contribution in [0.25, 0.3) is 22.0 Å². The highest BCUT2D eigenvalue weighted by Crippen LogP contribution is 2.37. The van der Waals surface area contributed by atoms with Crippen molar-refractivity contribution in [1.82, 2.24) is 9.88 Å². The summed E-state index contributed by atoms with van der Waals surface area (Å²) in [6, 6.07) is 18.4. The maximum absolute atomic E-state index is 6.53. The second-order valence-electron chi connectivity index (χ2n) is 7.40.